The molecule has 0 radical (unpaired) electrons. The molecule has 25 heavy (non-hydrogen) atoms. The molecule has 1 fully saturated rings. The highest BCUT2D eigenvalue weighted by Crippen LogP contribution is 2.24. The molecule has 1 aliphatic heterocycles. The van der Waals surface area contributed by atoms with Crippen LogP contribution in [0.1, 0.15) is 29.9 Å². The van der Waals surface area contributed by atoms with E-state index in [0.29, 0.717) is 5.82 Å². The maximum atomic E-state index is 12.5. The Morgan fingerprint density at radius 1 is 1.24 bits per heavy atom. The molecule has 1 saturated heterocycles. The monoisotopic (exact) mass is 342 g/mol. The molecule has 0 unspecified atom stereocenters. The Morgan fingerprint density at radius 2 is 1.96 bits per heavy atom. The molecule has 0 saturated carbocycles. The first kappa shape index (κ1) is 17.5. The Balaban J connectivity index is 1.63. The van der Waals surface area contributed by atoms with Gasteiger partial charge in [-0.1, -0.05) is 0 Å². The molecule has 3 rings (SSSR count). The second-order valence-electron chi connectivity index (χ2n) is 6.77. The number of aryl methyl sites for hydroxylation is 2. The molecule has 134 valence electrons. The fourth-order valence-electron chi connectivity index (χ4n) is 3.17. The third-order valence-corrected chi connectivity index (χ3v) is 4.81. The van der Waals surface area contributed by atoms with Crippen molar-refractivity contribution in [3.05, 3.63) is 41.5 Å². The lowest BCUT2D eigenvalue weighted by atomic mass is 10.0. The van der Waals surface area contributed by atoms with Crippen LogP contribution in [-0.4, -0.2) is 49.0 Å². The summed E-state index contributed by atoms with van der Waals surface area (Å²) in [4.78, 5) is 21.5. The first-order valence-corrected chi connectivity index (χ1v) is 8.71. The van der Waals surface area contributed by atoms with Gasteiger partial charge >= 0.3 is 0 Å². The molecule has 1 amide bonds. The number of aromatic nitrogens is 1. The predicted molar refractivity (Wildman–Crippen MR) is 99.2 cm³/mol. The third kappa shape index (κ3) is 4.02. The van der Waals surface area contributed by atoms with Gasteiger partial charge in [0.1, 0.15) is 17.3 Å². The molecule has 3 heterocycles. The minimum Gasteiger partial charge on any atom is -0.466 e. The number of hydrogen-bond acceptors (Lipinski definition) is 5. The quantitative estimate of drug-likeness (QED) is 0.926. The van der Waals surface area contributed by atoms with Gasteiger partial charge in [0, 0.05) is 31.7 Å². The van der Waals surface area contributed by atoms with Crippen molar-refractivity contribution in [1.82, 2.24) is 9.88 Å². The molecule has 1 aliphatic rings. The Morgan fingerprint density at radius 3 is 2.52 bits per heavy atom. The van der Waals surface area contributed by atoms with Gasteiger partial charge < -0.3 is 19.5 Å². The molecule has 0 aliphatic carbocycles. The summed E-state index contributed by atoms with van der Waals surface area (Å²) in [6.45, 7) is 9.76. The van der Waals surface area contributed by atoms with Gasteiger partial charge in [0.05, 0.1) is 17.8 Å². The van der Waals surface area contributed by atoms with Gasteiger partial charge in [0.15, 0.2) is 0 Å². The number of nitrogens with one attached hydrogen (secondary N) is 1. The zero-order valence-corrected chi connectivity index (χ0v) is 15.4. The van der Waals surface area contributed by atoms with E-state index in [1.807, 2.05) is 45.2 Å². The summed E-state index contributed by atoms with van der Waals surface area (Å²) < 4.78 is 5.52. The normalized spacial score (nSPS) is 16.7. The van der Waals surface area contributed by atoms with E-state index in [9.17, 15) is 4.79 Å². The number of amides is 1. The molecular weight excluding hydrogens is 316 g/mol. The van der Waals surface area contributed by atoms with Crippen LogP contribution in [0.2, 0.25) is 0 Å². The van der Waals surface area contributed by atoms with Crippen molar-refractivity contribution in [3.8, 4) is 0 Å². The van der Waals surface area contributed by atoms with E-state index in [1.165, 1.54) is 0 Å². The SMILES string of the molecule is Cc1cc([C@@H](C)C(=O)Nc2ccc(N3CCN(C)CC3)cn2)c(C)o1. The zero-order valence-electron chi connectivity index (χ0n) is 15.4. The molecule has 0 bridgehead atoms. The highest BCUT2D eigenvalue weighted by Gasteiger charge is 2.21. The molecule has 6 heteroatoms. The average molecular weight is 342 g/mol. The van der Waals surface area contributed by atoms with Crippen molar-refractivity contribution >= 4 is 17.4 Å². The first-order valence-electron chi connectivity index (χ1n) is 8.71. The van der Waals surface area contributed by atoms with E-state index in [-0.39, 0.29) is 11.8 Å². The number of carbonyl (C=O) groups is 1. The molecular formula is C19H26N4O2. The van der Waals surface area contributed by atoms with Crippen molar-refractivity contribution < 1.29 is 9.21 Å². The summed E-state index contributed by atoms with van der Waals surface area (Å²) in [7, 11) is 2.14. The van der Waals surface area contributed by atoms with E-state index < -0.39 is 0 Å². The topological polar surface area (TPSA) is 61.6 Å². The highest BCUT2D eigenvalue weighted by atomic mass is 16.3. The van der Waals surface area contributed by atoms with Gasteiger partial charge in [-0.05, 0) is 46.0 Å². The summed E-state index contributed by atoms with van der Waals surface area (Å²) in [5.41, 5.74) is 2.02. The molecule has 2 aromatic rings. The Bertz CT molecular complexity index is 730. The van der Waals surface area contributed by atoms with E-state index in [4.69, 9.17) is 4.42 Å². The number of rotatable bonds is 4. The summed E-state index contributed by atoms with van der Waals surface area (Å²) in [6.07, 6.45) is 1.83. The van der Waals surface area contributed by atoms with Crippen LogP contribution in [0.25, 0.3) is 0 Å². The smallest absolute Gasteiger partial charge is 0.232 e. The number of anilines is 2. The molecule has 0 aromatic carbocycles. The van der Waals surface area contributed by atoms with Gasteiger partial charge in [0.25, 0.3) is 0 Å². The van der Waals surface area contributed by atoms with E-state index in [0.717, 1.165) is 49.0 Å². The van der Waals surface area contributed by atoms with Crippen LogP contribution in [-0.2, 0) is 4.79 Å². The van der Waals surface area contributed by atoms with Crippen LogP contribution in [0.3, 0.4) is 0 Å². The highest BCUT2D eigenvalue weighted by molar-refractivity contribution is 5.95. The zero-order chi connectivity index (χ0) is 18.0. The van der Waals surface area contributed by atoms with Gasteiger partial charge in [0.2, 0.25) is 5.91 Å². The van der Waals surface area contributed by atoms with Crippen LogP contribution in [0, 0.1) is 13.8 Å². The van der Waals surface area contributed by atoms with Crippen LogP contribution >= 0.6 is 0 Å². The fraction of sp³-hybridized carbons (Fsp3) is 0.474. The number of likely N-dealkylation sites (N-methyl/N-ethyl adjacent to an activating group) is 1. The summed E-state index contributed by atoms with van der Waals surface area (Å²) in [5.74, 6) is 1.83. The molecule has 6 nitrogen and oxygen atoms in total. The summed E-state index contributed by atoms with van der Waals surface area (Å²) >= 11 is 0. The van der Waals surface area contributed by atoms with Gasteiger partial charge in [-0.3, -0.25) is 4.79 Å². The van der Waals surface area contributed by atoms with Crippen LogP contribution < -0.4 is 10.2 Å². The Hall–Kier alpha value is -2.34. The standard InChI is InChI=1S/C19H26N4O2/c1-13-11-17(15(3)25-13)14(2)19(24)21-18-6-5-16(12-20-18)23-9-7-22(4)8-10-23/h5-6,11-12,14H,7-10H2,1-4H3,(H,20,21,24)/t14-/m1/s1. The lowest BCUT2D eigenvalue weighted by Gasteiger charge is -2.33. The minimum atomic E-state index is -0.281. The fourth-order valence-corrected chi connectivity index (χ4v) is 3.17. The predicted octanol–water partition coefficient (Wildman–Crippen LogP) is 2.79. The second kappa shape index (κ2) is 7.27. The maximum Gasteiger partial charge on any atom is 0.232 e. The van der Waals surface area contributed by atoms with Gasteiger partial charge in [-0.25, -0.2) is 4.98 Å². The van der Waals surface area contributed by atoms with Crippen LogP contribution in [0.15, 0.2) is 28.8 Å². The van der Waals surface area contributed by atoms with Crippen LogP contribution in [0.4, 0.5) is 11.5 Å². The Kier molecular flexibility index (Phi) is 5.08. The van der Waals surface area contributed by atoms with Gasteiger partial charge in [-0.2, -0.15) is 0 Å². The lowest BCUT2D eigenvalue weighted by Crippen LogP contribution is -2.44. The second-order valence-corrected chi connectivity index (χ2v) is 6.77. The van der Waals surface area contributed by atoms with E-state index >= 15 is 0 Å². The van der Waals surface area contributed by atoms with Crippen molar-refractivity contribution in [2.45, 2.75) is 26.7 Å². The van der Waals surface area contributed by atoms with E-state index in [1.54, 1.807) is 0 Å². The molecule has 1 N–H and O–H groups in total. The van der Waals surface area contributed by atoms with Crippen molar-refractivity contribution in [1.29, 1.82) is 0 Å². The number of hydrogen-bond donors (Lipinski definition) is 1. The molecule has 0 spiro atoms. The lowest BCUT2D eigenvalue weighted by molar-refractivity contribution is -0.117. The van der Waals surface area contributed by atoms with Crippen LogP contribution in [0.5, 0.6) is 0 Å². The molecule has 1 atom stereocenters. The van der Waals surface area contributed by atoms with E-state index in [2.05, 4.69) is 27.1 Å². The number of furan rings is 1. The Labute approximate surface area is 148 Å². The number of carbonyl (C=O) groups excluding carboxylic acids is 1. The number of nitrogens with zero attached hydrogens (tertiary/aromatic N) is 3. The summed E-state index contributed by atoms with van der Waals surface area (Å²) in [5, 5.41) is 2.90. The van der Waals surface area contributed by atoms with Crippen molar-refractivity contribution in [2.24, 2.45) is 0 Å². The number of piperazine rings is 1. The van der Waals surface area contributed by atoms with Crippen molar-refractivity contribution in [3.63, 3.8) is 0 Å². The average Bonchev–Trinajstić information content (AvgIpc) is 2.94. The number of pyridine rings is 1. The first-order chi connectivity index (χ1) is 11.9. The van der Waals surface area contributed by atoms with Crippen molar-refractivity contribution in [2.75, 3.05) is 43.4 Å². The largest absolute Gasteiger partial charge is 0.466 e. The van der Waals surface area contributed by atoms with Gasteiger partial charge in [-0.15, -0.1) is 0 Å². The minimum absolute atomic E-state index is 0.0799. The molecule has 2 aromatic heterocycles. The third-order valence-electron chi connectivity index (χ3n) is 4.81. The summed E-state index contributed by atoms with van der Waals surface area (Å²) in [6, 6.07) is 5.81. The maximum absolute atomic E-state index is 12.5.